The molecule has 22 heavy (non-hydrogen) atoms. The van der Waals surface area contributed by atoms with E-state index in [4.69, 9.17) is 0 Å². The van der Waals surface area contributed by atoms with E-state index in [9.17, 15) is 4.79 Å². The van der Waals surface area contributed by atoms with E-state index in [0.29, 0.717) is 11.6 Å². The van der Waals surface area contributed by atoms with Crippen molar-refractivity contribution in [3.8, 4) is 0 Å². The van der Waals surface area contributed by atoms with Crippen LogP contribution in [-0.4, -0.2) is 67.0 Å². The molecule has 1 aromatic heterocycles. The number of likely N-dealkylation sites (tertiary alicyclic amines) is 1. The first-order valence-electron chi connectivity index (χ1n) is 8.33. The Kier molecular flexibility index (Phi) is 4.62. The summed E-state index contributed by atoms with van der Waals surface area (Å²) < 4.78 is 0. The van der Waals surface area contributed by atoms with Crippen LogP contribution in [0.2, 0.25) is 0 Å². The van der Waals surface area contributed by atoms with Gasteiger partial charge in [0.05, 0.1) is 0 Å². The highest BCUT2D eigenvalue weighted by molar-refractivity contribution is 5.92. The molecule has 2 aliphatic heterocycles. The number of pyridine rings is 1. The Bertz CT molecular complexity index is 525. The summed E-state index contributed by atoms with van der Waals surface area (Å²) >= 11 is 0. The lowest BCUT2D eigenvalue weighted by Crippen LogP contribution is -2.45. The third kappa shape index (κ3) is 3.40. The highest BCUT2D eigenvalue weighted by Gasteiger charge is 2.24. The minimum atomic E-state index is 0.0857. The Balaban J connectivity index is 1.71. The molecular weight excluding hydrogens is 276 g/mol. The first kappa shape index (κ1) is 15.3. The van der Waals surface area contributed by atoms with Crippen molar-refractivity contribution in [2.24, 2.45) is 5.92 Å². The molecule has 0 radical (unpaired) electrons. The number of carbonyl (C=O) groups excluding carboxylic acids is 1. The Labute approximate surface area is 132 Å². The van der Waals surface area contributed by atoms with E-state index in [1.165, 1.54) is 6.42 Å². The maximum absolute atomic E-state index is 12.7. The van der Waals surface area contributed by atoms with Gasteiger partial charge in [0.2, 0.25) is 0 Å². The third-order valence-electron chi connectivity index (χ3n) is 4.73. The highest BCUT2D eigenvalue weighted by Crippen LogP contribution is 2.19. The fourth-order valence-corrected chi connectivity index (χ4v) is 3.29. The lowest BCUT2D eigenvalue weighted by molar-refractivity contribution is 0.0677. The SMILES string of the molecule is CC1CCCN(C(=O)c2cccc(N3CCN(C)CC3)n2)C1. The fourth-order valence-electron chi connectivity index (χ4n) is 3.29. The average Bonchev–Trinajstić information content (AvgIpc) is 2.55. The molecule has 1 atom stereocenters. The number of piperazine rings is 1. The van der Waals surface area contributed by atoms with Gasteiger partial charge in [0, 0.05) is 39.3 Å². The van der Waals surface area contributed by atoms with E-state index in [0.717, 1.165) is 51.5 Å². The van der Waals surface area contributed by atoms with Gasteiger partial charge in [0.25, 0.3) is 5.91 Å². The molecule has 0 bridgehead atoms. The molecular formula is C17H26N4O. The monoisotopic (exact) mass is 302 g/mol. The summed E-state index contributed by atoms with van der Waals surface area (Å²) in [5.74, 6) is 1.62. The van der Waals surface area contributed by atoms with Gasteiger partial charge < -0.3 is 14.7 Å². The van der Waals surface area contributed by atoms with Gasteiger partial charge in [0.1, 0.15) is 11.5 Å². The lowest BCUT2D eigenvalue weighted by atomic mass is 10.00. The van der Waals surface area contributed by atoms with Crippen molar-refractivity contribution in [3.05, 3.63) is 23.9 Å². The van der Waals surface area contributed by atoms with Crippen molar-refractivity contribution in [1.82, 2.24) is 14.8 Å². The lowest BCUT2D eigenvalue weighted by Gasteiger charge is -2.34. The van der Waals surface area contributed by atoms with Crippen molar-refractivity contribution >= 4 is 11.7 Å². The van der Waals surface area contributed by atoms with Crippen LogP contribution in [0.1, 0.15) is 30.3 Å². The second-order valence-corrected chi connectivity index (χ2v) is 6.67. The maximum Gasteiger partial charge on any atom is 0.272 e. The van der Waals surface area contributed by atoms with Crippen LogP contribution < -0.4 is 4.90 Å². The zero-order valence-corrected chi connectivity index (χ0v) is 13.7. The molecule has 0 saturated carbocycles. The van der Waals surface area contributed by atoms with E-state index < -0.39 is 0 Å². The summed E-state index contributed by atoms with van der Waals surface area (Å²) in [6.45, 7) is 7.98. The number of amides is 1. The fraction of sp³-hybridized carbons (Fsp3) is 0.647. The largest absolute Gasteiger partial charge is 0.354 e. The Hall–Kier alpha value is -1.62. The van der Waals surface area contributed by atoms with Crippen molar-refractivity contribution < 1.29 is 4.79 Å². The molecule has 2 saturated heterocycles. The van der Waals surface area contributed by atoms with Crippen LogP contribution in [0.5, 0.6) is 0 Å². The van der Waals surface area contributed by atoms with Crippen LogP contribution in [0.15, 0.2) is 18.2 Å². The molecule has 2 aliphatic rings. The number of carbonyl (C=O) groups is 1. The van der Waals surface area contributed by atoms with Crippen LogP contribution in [0.3, 0.4) is 0 Å². The average molecular weight is 302 g/mol. The molecule has 1 aromatic rings. The van der Waals surface area contributed by atoms with Gasteiger partial charge in [0.15, 0.2) is 0 Å². The summed E-state index contributed by atoms with van der Waals surface area (Å²) in [6.07, 6.45) is 2.32. The van der Waals surface area contributed by atoms with Crippen molar-refractivity contribution in [2.45, 2.75) is 19.8 Å². The molecule has 3 heterocycles. The minimum absolute atomic E-state index is 0.0857. The Morgan fingerprint density at radius 3 is 2.68 bits per heavy atom. The molecule has 5 nitrogen and oxygen atoms in total. The molecule has 1 amide bonds. The van der Waals surface area contributed by atoms with E-state index in [2.05, 4.69) is 28.8 Å². The Morgan fingerprint density at radius 1 is 1.18 bits per heavy atom. The van der Waals surface area contributed by atoms with Crippen LogP contribution in [0.25, 0.3) is 0 Å². The minimum Gasteiger partial charge on any atom is -0.354 e. The molecule has 120 valence electrons. The van der Waals surface area contributed by atoms with Crippen LogP contribution in [0.4, 0.5) is 5.82 Å². The molecule has 0 spiro atoms. The number of rotatable bonds is 2. The molecule has 0 aliphatic carbocycles. The number of anilines is 1. The summed E-state index contributed by atoms with van der Waals surface area (Å²) in [4.78, 5) is 23.9. The van der Waals surface area contributed by atoms with E-state index in [1.54, 1.807) is 0 Å². The van der Waals surface area contributed by atoms with Gasteiger partial charge >= 0.3 is 0 Å². The van der Waals surface area contributed by atoms with Gasteiger partial charge in [-0.05, 0) is 37.9 Å². The number of aromatic nitrogens is 1. The number of piperidine rings is 1. The van der Waals surface area contributed by atoms with Gasteiger partial charge in [-0.3, -0.25) is 4.79 Å². The summed E-state index contributed by atoms with van der Waals surface area (Å²) in [5, 5.41) is 0. The molecule has 5 heteroatoms. The quantitative estimate of drug-likeness (QED) is 0.834. The number of hydrogen-bond donors (Lipinski definition) is 0. The molecule has 1 unspecified atom stereocenters. The zero-order chi connectivity index (χ0) is 15.5. The second kappa shape index (κ2) is 6.65. The van der Waals surface area contributed by atoms with E-state index in [-0.39, 0.29) is 5.91 Å². The highest BCUT2D eigenvalue weighted by atomic mass is 16.2. The molecule has 0 N–H and O–H groups in total. The summed E-state index contributed by atoms with van der Waals surface area (Å²) in [6, 6.07) is 5.82. The van der Waals surface area contributed by atoms with Crippen molar-refractivity contribution in [2.75, 3.05) is 51.2 Å². The van der Waals surface area contributed by atoms with Crippen molar-refractivity contribution in [3.63, 3.8) is 0 Å². The molecule has 0 aromatic carbocycles. The van der Waals surface area contributed by atoms with Crippen LogP contribution in [0, 0.1) is 5.92 Å². The van der Waals surface area contributed by atoms with Gasteiger partial charge in [-0.15, -0.1) is 0 Å². The Morgan fingerprint density at radius 2 is 1.95 bits per heavy atom. The summed E-state index contributed by atoms with van der Waals surface area (Å²) in [7, 11) is 2.14. The number of nitrogens with zero attached hydrogens (tertiary/aromatic N) is 4. The predicted octanol–water partition coefficient (Wildman–Crippen LogP) is 1.71. The third-order valence-corrected chi connectivity index (χ3v) is 4.73. The summed E-state index contributed by atoms with van der Waals surface area (Å²) in [5.41, 5.74) is 0.588. The standard InChI is InChI=1S/C17H26N4O/c1-14-5-4-8-21(13-14)17(22)15-6-3-7-16(18-15)20-11-9-19(2)10-12-20/h3,6-7,14H,4-5,8-13H2,1-2H3. The maximum atomic E-state index is 12.7. The van der Waals surface area contributed by atoms with E-state index in [1.807, 2.05) is 23.1 Å². The van der Waals surface area contributed by atoms with E-state index >= 15 is 0 Å². The second-order valence-electron chi connectivity index (χ2n) is 6.67. The van der Waals surface area contributed by atoms with Gasteiger partial charge in [-0.1, -0.05) is 13.0 Å². The van der Waals surface area contributed by atoms with Crippen LogP contribution >= 0.6 is 0 Å². The zero-order valence-electron chi connectivity index (χ0n) is 13.7. The topological polar surface area (TPSA) is 39.7 Å². The smallest absolute Gasteiger partial charge is 0.272 e. The predicted molar refractivity (Wildman–Crippen MR) is 88.2 cm³/mol. The molecule has 3 rings (SSSR count). The molecule has 2 fully saturated rings. The van der Waals surface area contributed by atoms with Gasteiger partial charge in [-0.25, -0.2) is 4.98 Å². The number of hydrogen-bond acceptors (Lipinski definition) is 4. The first-order valence-corrected chi connectivity index (χ1v) is 8.33. The first-order chi connectivity index (χ1) is 10.6. The normalized spacial score (nSPS) is 23.6. The van der Waals surface area contributed by atoms with Gasteiger partial charge in [-0.2, -0.15) is 0 Å². The number of likely N-dealkylation sites (N-methyl/N-ethyl adjacent to an activating group) is 1. The van der Waals surface area contributed by atoms with Crippen molar-refractivity contribution in [1.29, 1.82) is 0 Å². The van der Waals surface area contributed by atoms with Crippen LogP contribution in [-0.2, 0) is 0 Å².